The molecule has 5 heteroatoms. The number of amides is 1. The molecule has 0 radical (unpaired) electrons. The zero-order valence-corrected chi connectivity index (χ0v) is 12.8. The summed E-state index contributed by atoms with van der Waals surface area (Å²) in [6.07, 6.45) is 2.21. The molecule has 5 nitrogen and oxygen atoms in total. The van der Waals surface area contributed by atoms with Gasteiger partial charge in [0.05, 0.1) is 19.3 Å². The van der Waals surface area contributed by atoms with Crippen molar-refractivity contribution < 1.29 is 19.4 Å². The van der Waals surface area contributed by atoms with Crippen LogP contribution >= 0.6 is 0 Å². The summed E-state index contributed by atoms with van der Waals surface area (Å²) in [6.45, 7) is 2.82. The van der Waals surface area contributed by atoms with Gasteiger partial charge in [-0.3, -0.25) is 4.79 Å². The minimum Gasteiger partial charge on any atom is -0.388 e. The number of nitrogens with one attached hydrogen (secondary N) is 1. The maximum absolute atomic E-state index is 12.3. The second-order valence-corrected chi connectivity index (χ2v) is 6.04. The van der Waals surface area contributed by atoms with E-state index in [4.69, 9.17) is 9.47 Å². The number of hydrogen-bond acceptors (Lipinski definition) is 4. The quantitative estimate of drug-likeness (QED) is 0.860. The summed E-state index contributed by atoms with van der Waals surface area (Å²) in [4.78, 5) is 12.3. The molecule has 22 heavy (non-hydrogen) atoms. The molecule has 2 aliphatic rings. The van der Waals surface area contributed by atoms with Crippen molar-refractivity contribution in [2.75, 3.05) is 13.2 Å². The fourth-order valence-corrected chi connectivity index (χ4v) is 3.06. The van der Waals surface area contributed by atoms with Crippen LogP contribution in [0.3, 0.4) is 0 Å². The van der Waals surface area contributed by atoms with Crippen LogP contribution in [0.25, 0.3) is 0 Å². The summed E-state index contributed by atoms with van der Waals surface area (Å²) >= 11 is 0. The van der Waals surface area contributed by atoms with Gasteiger partial charge in [0, 0.05) is 5.56 Å². The molecule has 0 spiro atoms. The van der Waals surface area contributed by atoms with Crippen LogP contribution in [0.5, 0.6) is 0 Å². The highest BCUT2D eigenvalue weighted by molar-refractivity contribution is 5.94. The summed E-state index contributed by atoms with van der Waals surface area (Å²) in [5.74, 6) is -0.124. The lowest BCUT2D eigenvalue weighted by Gasteiger charge is -2.17. The van der Waals surface area contributed by atoms with Gasteiger partial charge < -0.3 is 19.9 Å². The highest BCUT2D eigenvalue weighted by atomic mass is 16.6. The maximum Gasteiger partial charge on any atom is 0.251 e. The SMILES string of the molecule is CCCCc1ccc(C(=O)N[C@@H]2CO[C@H]3[C@@H]2OC[C@H]3O)cc1. The molecule has 1 amide bonds. The fourth-order valence-electron chi connectivity index (χ4n) is 3.06. The van der Waals surface area contributed by atoms with E-state index in [2.05, 4.69) is 12.2 Å². The number of aliphatic hydroxyl groups is 1. The van der Waals surface area contributed by atoms with Gasteiger partial charge in [0.1, 0.15) is 18.3 Å². The predicted octanol–water partition coefficient (Wildman–Crippen LogP) is 1.29. The number of ether oxygens (including phenoxy) is 2. The van der Waals surface area contributed by atoms with Crippen molar-refractivity contribution >= 4 is 5.91 Å². The molecule has 2 N–H and O–H groups in total. The molecule has 0 aromatic heterocycles. The van der Waals surface area contributed by atoms with Crippen molar-refractivity contribution in [2.24, 2.45) is 0 Å². The van der Waals surface area contributed by atoms with Gasteiger partial charge in [-0.2, -0.15) is 0 Å². The molecular weight excluding hydrogens is 282 g/mol. The first kappa shape index (κ1) is 15.5. The number of hydrogen-bond donors (Lipinski definition) is 2. The summed E-state index contributed by atoms with van der Waals surface area (Å²) in [6, 6.07) is 7.54. The monoisotopic (exact) mass is 305 g/mol. The molecule has 0 unspecified atom stereocenters. The van der Waals surface area contributed by atoms with Gasteiger partial charge >= 0.3 is 0 Å². The molecule has 2 aliphatic heterocycles. The van der Waals surface area contributed by atoms with E-state index < -0.39 is 6.10 Å². The third kappa shape index (κ3) is 3.16. The molecule has 1 aromatic carbocycles. The number of carbonyl (C=O) groups is 1. The van der Waals surface area contributed by atoms with Gasteiger partial charge in [0.15, 0.2) is 0 Å². The smallest absolute Gasteiger partial charge is 0.251 e. The van der Waals surface area contributed by atoms with Crippen LogP contribution in [0.15, 0.2) is 24.3 Å². The van der Waals surface area contributed by atoms with E-state index in [1.54, 1.807) is 0 Å². The van der Waals surface area contributed by atoms with Crippen molar-refractivity contribution in [3.05, 3.63) is 35.4 Å². The van der Waals surface area contributed by atoms with Crippen LogP contribution < -0.4 is 5.32 Å². The fraction of sp³-hybridized carbons (Fsp3) is 0.588. The maximum atomic E-state index is 12.3. The van der Waals surface area contributed by atoms with Gasteiger partial charge in [0.25, 0.3) is 5.91 Å². The number of aryl methyl sites for hydroxylation is 1. The Hall–Kier alpha value is -1.43. The van der Waals surface area contributed by atoms with Crippen molar-refractivity contribution in [3.8, 4) is 0 Å². The van der Waals surface area contributed by atoms with Crippen LogP contribution in [-0.2, 0) is 15.9 Å². The van der Waals surface area contributed by atoms with Gasteiger partial charge in [-0.25, -0.2) is 0 Å². The Bertz CT molecular complexity index is 516. The molecule has 0 saturated carbocycles. The van der Waals surface area contributed by atoms with Gasteiger partial charge in [-0.15, -0.1) is 0 Å². The Kier molecular flexibility index (Phi) is 4.76. The zero-order chi connectivity index (χ0) is 15.5. The average molecular weight is 305 g/mol. The topological polar surface area (TPSA) is 67.8 Å². The van der Waals surface area contributed by atoms with Gasteiger partial charge in [0.2, 0.25) is 0 Å². The Morgan fingerprint density at radius 1 is 1.23 bits per heavy atom. The largest absolute Gasteiger partial charge is 0.388 e. The summed E-state index contributed by atoms with van der Waals surface area (Å²) in [7, 11) is 0. The van der Waals surface area contributed by atoms with Gasteiger partial charge in [-0.1, -0.05) is 25.5 Å². The molecule has 0 bridgehead atoms. The van der Waals surface area contributed by atoms with E-state index in [1.807, 2.05) is 24.3 Å². The highest BCUT2D eigenvalue weighted by Gasteiger charge is 2.47. The molecule has 4 atom stereocenters. The summed E-state index contributed by atoms with van der Waals surface area (Å²) < 4.78 is 11.0. The van der Waals surface area contributed by atoms with E-state index in [0.717, 1.165) is 12.8 Å². The molecule has 1 aromatic rings. The normalized spacial score (nSPS) is 30.3. The Morgan fingerprint density at radius 2 is 1.95 bits per heavy atom. The van der Waals surface area contributed by atoms with Gasteiger partial charge in [-0.05, 0) is 30.5 Å². The number of rotatable bonds is 5. The Labute approximate surface area is 130 Å². The van der Waals surface area contributed by atoms with Crippen LogP contribution in [0.1, 0.15) is 35.7 Å². The Balaban J connectivity index is 1.58. The van der Waals surface area contributed by atoms with Crippen molar-refractivity contribution in [2.45, 2.75) is 50.5 Å². The summed E-state index contributed by atoms with van der Waals surface area (Å²) in [5, 5.41) is 12.7. The first-order valence-electron chi connectivity index (χ1n) is 8.00. The highest BCUT2D eigenvalue weighted by Crippen LogP contribution is 2.27. The lowest BCUT2D eigenvalue weighted by atomic mass is 10.0. The minimum atomic E-state index is -0.593. The standard InChI is InChI=1S/C17H23NO4/c1-2-3-4-11-5-7-12(8-6-11)17(20)18-13-9-21-16-14(19)10-22-15(13)16/h5-8,13-16,19H,2-4,9-10H2,1H3,(H,18,20)/t13-,14-,15-,16-/m1/s1. The minimum absolute atomic E-state index is 0.124. The van der Waals surface area contributed by atoms with Crippen molar-refractivity contribution in [1.82, 2.24) is 5.32 Å². The molecule has 120 valence electrons. The molecule has 2 saturated heterocycles. The zero-order valence-electron chi connectivity index (χ0n) is 12.8. The van der Waals surface area contributed by atoms with E-state index in [0.29, 0.717) is 12.2 Å². The van der Waals surface area contributed by atoms with E-state index in [1.165, 1.54) is 12.0 Å². The molecule has 2 heterocycles. The molecule has 3 rings (SSSR count). The summed E-state index contributed by atoms with van der Waals surface area (Å²) in [5.41, 5.74) is 1.90. The molecular formula is C17H23NO4. The van der Waals surface area contributed by atoms with Crippen LogP contribution in [0.2, 0.25) is 0 Å². The van der Waals surface area contributed by atoms with E-state index in [-0.39, 0.29) is 30.8 Å². The van der Waals surface area contributed by atoms with Crippen molar-refractivity contribution in [3.63, 3.8) is 0 Å². The lowest BCUT2D eigenvalue weighted by Crippen LogP contribution is -2.44. The number of benzene rings is 1. The molecule has 2 fully saturated rings. The lowest BCUT2D eigenvalue weighted by molar-refractivity contribution is 0.0178. The number of unbranched alkanes of at least 4 members (excludes halogenated alkanes) is 1. The first-order chi connectivity index (χ1) is 10.7. The van der Waals surface area contributed by atoms with Crippen LogP contribution in [-0.4, -0.2) is 48.6 Å². The van der Waals surface area contributed by atoms with E-state index >= 15 is 0 Å². The van der Waals surface area contributed by atoms with Crippen LogP contribution in [0, 0.1) is 0 Å². The van der Waals surface area contributed by atoms with E-state index in [9.17, 15) is 9.90 Å². The second kappa shape index (κ2) is 6.77. The molecule has 0 aliphatic carbocycles. The first-order valence-corrected chi connectivity index (χ1v) is 8.00. The average Bonchev–Trinajstić information content (AvgIpc) is 3.10. The predicted molar refractivity (Wildman–Crippen MR) is 81.8 cm³/mol. The Morgan fingerprint density at radius 3 is 2.68 bits per heavy atom. The van der Waals surface area contributed by atoms with Crippen LogP contribution in [0.4, 0.5) is 0 Å². The number of fused-ring (bicyclic) bond motifs is 1. The third-order valence-corrected chi connectivity index (χ3v) is 4.38. The second-order valence-electron chi connectivity index (χ2n) is 6.04. The van der Waals surface area contributed by atoms with Crippen molar-refractivity contribution in [1.29, 1.82) is 0 Å². The third-order valence-electron chi connectivity index (χ3n) is 4.38. The number of carbonyl (C=O) groups excluding carboxylic acids is 1. The number of aliphatic hydroxyl groups excluding tert-OH is 1.